The highest BCUT2D eigenvalue weighted by atomic mass is 15.1. The Kier molecular flexibility index (Phi) is 2.15. The van der Waals surface area contributed by atoms with Crippen LogP contribution in [0.4, 0.5) is 5.69 Å². The number of nitrogens with two attached hydrogens (primary N) is 1. The molecule has 4 heteroatoms. The summed E-state index contributed by atoms with van der Waals surface area (Å²) in [5, 5.41) is 11.9. The lowest BCUT2D eigenvalue weighted by Gasteiger charge is -2.12. The fourth-order valence-corrected chi connectivity index (χ4v) is 2.10. The summed E-state index contributed by atoms with van der Waals surface area (Å²) in [6, 6.07) is 5.83. The summed E-state index contributed by atoms with van der Waals surface area (Å²) in [6.45, 7) is 1.93. The molecule has 0 saturated heterocycles. The predicted molar refractivity (Wildman–Crippen MR) is 66.0 cm³/mol. The average molecular weight is 214 g/mol. The quantitative estimate of drug-likeness (QED) is 0.630. The number of nitrogen functional groups attached to an aromatic ring is 1. The van der Waals surface area contributed by atoms with Crippen LogP contribution >= 0.6 is 0 Å². The highest BCUT2D eigenvalue weighted by molar-refractivity contribution is 5.92. The van der Waals surface area contributed by atoms with Crippen molar-refractivity contribution in [3.63, 3.8) is 0 Å². The Hall–Kier alpha value is -1.81. The van der Waals surface area contributed by atoms with E-state index in [1.54, 1.807) is 0 Å². The molecule has 1 aromatic heterocycles. The number of nitrogens with one attached hydrogen (secondary N) is 2. The number of nitrogens with zero attached hydrogens (tertiary/aromatic N) is 1. The Balaban J connectivity index is 2.16. The minimum absolute atomic E-state index is 0.777. The molecule has 1 aliphatic rings. The summed E-state index contributed by atoms with van der Waals surface area (Å²) in [6.07, 6.45) is 3.31. The van der Waals surface area contributed by atoms with E-state index in [0.29, 0.717) is 0 Å². The van der Waals surface area contributed by atoms with E-state index in [2.05, 4.69) is 21.6 Å². The first-order valence-electron chi connectivity index (χ1n) is 5.48. The fourth-order valence-electron chi connectivity index (χ4n) is 2.10. The van der Waals surface area contributed by atoms with Crippen LogP contribution in [0.5, 0.6) is 0 Å². The first kappa shape index (κ1) is 9.42. The zero-order valence-corrected chi connectivity index (χ0v) is 8.96. The molecule has 4 N–H and O–H groups in total. The van der Waals surface area contributed by atoms with Gasteiger partial charge in [-0.05, 0) is 36.7 Å². The molecule has 0 unspecified atom stereocenters. The number of hydrogen-bond donors (Lipinski definition) is 3. The molecule has 16 heavy (non-hydrogen) atoms. The SMILES string of the molecule is Nc1ccc2[nH]nc(C3=CCCNC3)c2c1. The number of aromatic nitrogens is 2. The maximum Gasteiger partial charge on any atom is 0.0969 e. The molecule has 2 heterocycles. The van der Waals surface area contributed by atoms with Gasteiger partial charge in [0.05, 0.1) is 11.2 Å². The summed E-state index contributed by atoms with van der Waals surface area (Å²) in [4.78, 5) is 0. The molecule has 0 atom stereocenters. The summed E-state index contributed by atoms with van der Waals surface area (Å²) < 4.78 is 0. The number of hydrogen-bond acceptors (Lipinski definition) is 3. The minimum atomic E-state index is 0.777. The highest BCUT2D eigenvalue weighted by Crippen LogP contribution is 2.25. The van der Waals surface area contributed by atoms with Gasteiger partial charge in [0, 0.05) is 17.6 Å². The summed E-state index contributed by atoms with van der Waals surface area (Å²) in [5.74, 6) is 0. The first-order valence-corrected chi connectivity index (χ1v) is 5.48. The van der Waals surface area contributed by atoms with Crippen molar-refractivity contribution < 1.29 is 0 Å². The zero-order valence-electron chi connectivity index (χ0n) is 8.96. The van der Waals surface area contributed by atoms with Crippen LogP contribution in [-0.4, -0.2) is 23.3 Å². The maximum atomic E-state index is 5.80. The van der Waals surface area contributed by atoms with Crippen LogP contribution in [0.25, 0.3) is 16.5 Å². The first-order chi connectivity index (χ1) is 7.84. The highest BCUT2D eigenvalue weighted by Gasteiger charge is 2.12. The molecule has 0 radical (unpaired) electrons. The van der Waals surface area contributed by atoms with Crippen molar-refractivity contribution in [2.45, 2.75) is 6.42 Å². The number of benzene rings is 1. The van der Waals surface area contributed by atoms with Crippen LogP contribution in [0.3, 0.4) is 0 Å². The molecule has 0 fully saturated rings. The van der Waals surface area contributed by atoms with Gasteiger partial charge in [-0.2, -0.15) is 5.10 Å². The lowest BCUT2D eigenvalue weighted by molar-refractivity contribution is 0.737. The standard InChI is InChI=1S/C12H14N4/c13-9-3-4-11-10(6-9)12(16-15-11)8-2-1-5-14-7-8/h2-4,6,14H,1,5,7,13H2,(H,15,16). The summed E-state index contributed by atoms with van der Waals surface area (Å²) >= 11 is 0. The average Bonchev–Trinajstić information content (AvgIpc) is 2.73. The number of anilines is 1. The molecule has 0 saturated carbocycles. The maximum absolute atomic E-state index is 5.80. The number of rotatable bonds is 1. The van der Waals surface area contributed by atoms with E-state index in [1.165, 1.54) is 5.57 Å². The van der Waals surface area contributed by atoms with E-state index in [4.69, 9.17) is 5.73 Å². The van der Waals surface area contributed by atoms with E-state index < -0.39 is 0 Å². The molecule has 0 amide bonds. The van der Waals surface area contributed by atoms with Crippen molar-refractivity contribution in [2.75, 3.05) is 18.8 Å². The van der Waals surface area contributed by atoms with E-state index in [-0.39, 0.29) is 0 Å². The second kappa shape index (κ2) is 3.64. The second-order valence-electron chi connectivity index (χ2n) is 4.07. The van der Waals surface area contributed by atoms with Crippen LogP contribution in [0.15, 0.2) is 24.3 Å². The van der Waals surface area contributed by atoms with Crippen LogP contribution in [-0.2, 0) is 0 Å². The minimum Gasteiger partial charge on any atom is -0.399 e. The molecule has 82 valence electrons. The van der Waals surface area contributed by atoms with E-state index in [0.717, 1.165) is 41.8 Å². The van der Waals surface area contributed by atoms with Gasteiger partial charge in [-0.25, -0.2) is 0 Å². The Labute approximate surface area is 93.5 Å². The van der Waals surface area contributed by atoms with Gasteiger partial charge in [-0.15, -0.1) is 0 Å². The normalized spacial score (nSPS) is 16.4. The third-order valence-corrected chi connectivity index (χ3v) is 2.92. The predicted octanol–water partition coefficient (Wildman–Crippen LogP) is 1.52. The van der Waals surface area contributed by atoms with Crippen molar-refractivity contribution in [2.24, 2.45) is 0 Å². The Morgan fingerprint density at radius 1 is 1.31 bits per heavy atom. The summed E-state index contributed by atoms with van der Waals surface area (Å²) in [5.41, 5.74) is 9.90. The monoisotopic (exact) mass is 214 g/mol. The molecule has 1 aliphatic heterocycles. The fraction of sp³-hybridized carbons (Fsp3) is 0.250. The van der Waals surface area contributed by atoms with Gasteiger partial charge >= 0.3 is 0 Å². The van der Waals surface area contributed by atoms with Crippen LogP contribution in [0.1, 0.15) is 12.1 Å². The second-order valence-corrected chi connectivity index (χ2v) is 4.07. The molecular formula is C12H14N4. The van der Waals surface area contributed by atoms with Crippen LogP contribution in [0.2, 0.25) is 0 Å². The van der Waals surface area contributed by atoms with E-state index in [9.17, 15) is 0 Å². The zero-order chi connectivity index (χ0) is 11.0. The lowest BCUT2D eigenvalue weighted by Crippen LogP contribution is -2.21. The molecule has 0 aliphatic carbocycles. The van der Waals surface area contributed by atoms with Gasteiger partial charge in [0.1, 0.15) is 0 Å². The molecule has 1 aromatic carbocycles. The number of H-pyrrole nitrogens is 1. The van der Waals surface area contributed by atoms with Gasteiger partial charge in [0.2, 0.25) is 0 Å². The third-order valence-electron chi connectivity index (χ3n) is 2.92. The lowest BCUT2D eigenvalue weighted by atomic mass is 10.0. The van der Waals surface area contributed by atoms with Gasteiger partial charge < -0.3 is 11.1 Å². The number of aromatic amines is 1. The smallest absolute Gasteiger partial charge is 0.0969 e. The van der Waals surface area contributed by atoms with Crippen LogP contribution < -0.4 is 11.1 Å². The van der Waals surface area contributed by atoms with Crippen LogP contribution in [0, 0.1) is 0 Å². The molecule has 3 rings (SSSR count). The van der Waals surface area contributed by atoms with Crippen molar-refractivity contribution >= 4 is 22.2 Å². The molecule has 0 spiro atoms. The topological polar surface area (TPSA) is 66.7 Å². The molecule has 2 aromatic rings. The van der Waals surface area contributed by atoms with E-state index in [1.807, 2.05) is 18.2 Å². The molecule has 0 bridgehead atoms. The third kappa shape index (κ3) is 1.47. The van der Waals surface area contributed by atoms with Crippen molar-refractivity contribution in [1.82, 2.24) is 15.5 Å². The largest absolute Gasteiger partial charge is 0.399 e. The summed E-state index contributed by atoms with van der Waals surface area (Å²) in [7, 11) is 0. The van der Waals surface area contributed by atoms with Crippen molar-refractivity contribution in [1.29, 1.82) is 0 Å². The van der Waals surface area contributed by atoms with Gasteiger partial charge in [0.15, 0.2) is 0 Å². The molecular weight excluding hydrogens is 200 g/mol. The molecule has 4 nitrogen and oxygen atoms in total. The van der Waals surface area contributed by atoms with Crippen molar-refractivity contribution in [3.05, 3.63) is 30.0 Å². The van der Waals surface area contributed by atoms with Gasteiger partial charge in [-0.3, -0.25) is 5.10 Å². The van der Waals surface area contributed by atoms with E-state index >= 15 is 0 Å². The van der Waals surface area contributed by atoms with Crippen molar-refractivity contribution in [3.8, 4) is 0 Å². The Bertz CT molecular complexity index is 553. The Morgan fingerprint density at radius 3 is 3.06 bits per heavy atom. The number of fused-ring (bicyclic) bond motifs is 1. The van der Waals surface area contributed by atoms with Gasteiger partial charge in [0.25, 0.3) is 0 Å². The van der Waals surface area contributed by atoms with Gasteiger partial charge in [-0.1, -0.05) is 6.08 Å². The Morgan fingerprint density at radius 2 is 2.25 bits per heavy atom.